The number of aryl methyl sites for hydroxylation is 1. The number of amides is 1. The van der Waals surface area contributed by atoms with Gasteiger partial charge in [-0.25, -0.2) is 4.79 Å². The lowest BCUT2D eigenvalue weighted by atomic mass is 10.1. The van der Waals surface area contributed by atoms with Gasteiger partial charge >= 0.3 is 12.1 Å². The van der Waals surface area contributed by atoms with Crippen molar-refractivity contribution in [2.45, 2.75) is 24.5 Å². The van der Waals surface area contributed by atoms with Crippen LogP contribution in [0.4, 0.5) is 13.2 Å². The van der Waals surface area contributed by atoms with Gasteiger partial charge in [-0.15, -0.1) is 11.8 Å². The fourth-order valence-corrected chi connectivity index (χ4v) is 4.30. The summed E-state index contributed by atoms with van der Waals surface area (Å²) in [5.74, 6) is -1.44. The summed E-state index contributed by atoms with van der Waals surface area (Å²) in [6.45, 7) is 1.87. The molecule has 2 atom stereocenters. The van der Waals surface area contributed by atoms with Gasteiger partial charge in [-0.1, -0.05) is 29.8 Å². The van der Waals surface area contributed by atoms with E-state index in [1.165, 1.54) is 28.8 Å². The summed E-state index contributed by atoms with van der Waals surface area (Å²) >= 11 is 1.22. The predicted molar refractivity (Wildman–Crippen MR) is 95.4 cm³/mol. The third kappa shape index (κ3) is 3.95. The molecule has 0 aliphatic carbocycles. The van der Waals surface area contributed by atoms with E-state index in [0.717, 1.165) is 17.7 Å². The molecule has 0 bridgehead atoms. The first-order valence-electron chi connectivity index (χ1n) is 8.09. The minimum atomic E-state index is -4.46. The Kier molecular flexibility index (Phi) is 5.19. The Morgan fingerprint density at radius 3 is 2.19 bits per heavy atom. The van der Waals surface area contributed by atoms with E-state index in [1.54, 1.807) is 24.3 Å². The Morgan fingerprint density at radius 1 is 1.07 bits per heavy atom. The van der Waals surface area contributed by atoms with Crippen molar-refractivity contribution in [2.24, 2.45) is 0 Å². The number of hydrogen-bond donors (Lipinski definition) is 1. The maximum atomic E-state index is 13.0. The minimum absolute atomic E-state index is 0.165. The van der Waals surface area contributed by atoms with Crippen LogP contribution in [-0.2, 0) is 11.0 Å². The standard InChI is InChI=1S/C19H16F3NO3S/c1-11-2-4-12(5-3-11)16(24)23-15(18(25)26)10-27-17(23)13-6-8-14(9-7-13)19(20,21)22/h2-9,15,17H,10H2,1H3,(H,25,26). The highest BCUT2D eigenvalue weighted by Gasteiger charge is 2.43. The summed E-state index contributed by atoms with van der Waals surface area (Å²) in [4.78, 5) is 25.8. The SMILES string of the molecule is Cc1ccc(C(=O)N2C(C(=O)O)CSC2c2ccc(C(F)(F)F)cc2)cc1. The highest BCUT2D eigenvalue weighted by atomic mass is 32.2. The zero-order valence-corrected chi connectivity index (χ0v) is 15.1. The number of carboxylic acid groups (broad SMARTS) is 1. The lowest BCUT2D eigenvalue weighted by molar-refractivity contribution is -0.141. The number of carbonyl (C=O) groups excluding carboxylic acids is 1. The lowest BCUT2D eigenvalue weighted by Crippen LogP contribution is -2.43. The first-order valence-corrected chi connectivity index (χ1v) is 9.14. The molecule has 3 rings (SSSR count). The Morgan fingerprint density at radius 2 is 1.67 bits per heavy atom. The van der Waals surface area contributed by atoms with Crippen molar-refractivity contribution in [1.29, 1.82) is 0 Å². The maximum Gasteiger partial charge on any atom is 0.416 e. The van der Waals surface area contributed by atoms with Crippen LogP contribution in [0.15, 0.2) is 48.5 Å². The van der Waals surface area contributed by atoms with Crippen LogP contribution >= 0.6 is 11.8 Å². The molecular formula is C19H16F3NO3S. The summed E-state index contributed by atoms with van der Waals surface area (Å²) in [7, 11) is 0. The zero-order chi connectivity index (χ0) is 19.8. The molecule has 2 aromatic carbocycles. The molecule has 8 heteroatoms. The van der Waals surface area contributed by atoms with Crippen molar-refractivity contribution in [3.8, 4) is 0 Å². The van der Waals surface area contributed by atoms with Crippen LogP contribution in [0.25, 0.3) is 0 Å². The van der Waals surface area contributed by atoms with E-state index in [-0.39, 0.29) is 5.75 Å². The van der Waals surface area contributed by atoms with Crippen molar-refractivity contribution >= 4 is 23.6 Å². The topological polar surface area (TPSA) is 57.6 Å². The van der Waals surface area contributed by atoms with E-state index in [1.807, 2.05) is 6.92 Å². The monoisotopic (exact) mass is 395 g/mol. The second kappa shape index (κ2) is 7.26. The molecule has 2 unspecified atom stereocenters. The van der Waals surface area contributed by atoms with Gasteiger partial charge in [0.15, 0.2) is 0 Å². The normalized spacial score (nSPS) is 19.9. The molecule has 1 aliphatic heterocycles. The molecule has 142 valence electrons. The third-order valence-electron chi connectivity index (χ3n) is 4.34. The first-order chi connectivity index (χ1) is 12.7. The molecule has 2 aromatic rings. The molecule has 0 aromatic heterocycles. The molecule has 0 spiro atoms. The van der Waals surface area contributed by atoms with Crippen molar-refractivity contribution in [1.82, 2.24) is 4.90 Å². The number of nitrogens with zero attached hydrogens (tertiary/aromatic N) is 1. The highest BCUT2D eigenvalue weighted by Crippen LogP contribution is 2.43. The van der Waals surface area contributed by atoms with E-state index in [9.17, 15) is 27.9 Å². The molecule has 1 amide bonds. The number of hydrogen-bond acceptors (Lipinski definition) is 3. The van der Waals surface area contributed by atoms with Crippen LogP contribution in [0.3, 0.4) is 0 Å². The number of alkyl halides is 3. The fourth-order valence-electron chi connectivity index (χ4n) is 2.88. The third-order valence-corrected chi connectivity index (χ3v) is 5.66. The Balaban J connectivity index is 1.95. The maximum absolute atomic E-state index is 13.0. The average Bonchev–Trinajstić information content (AvgIpc) is 3.06. The average molecular weight is 395 g/mol. The number of aliphatic carboxylic acids is 1. The summed E-state index contributed by atoms with van der Waals surface area (Å²) in [6, 6.07) is 10.2. The van der Waals surface area contributed by atoms with E-state index in [2.05, 4.69) is 0 Å². The summed E-state index contributed by atoms with van der Waals surface area (Å²) in [5.41, 5.74) is 0.959. The van der Waals surface area contributed by atoms with E-state index in [4.69, 9.17) is 0 Å². The van der Waals surface area contributed by atoms with Crippen LogP contribution < -0.4 is 0 Å². The van der Waals surface area contributed by atoms with E-state index < -0.39 is 35.0 Å². The predicted octanol–water partition coefficient (Wildman–Crippen LogP) is 4.35. The minimum Gasteiger partial charge on any atom is -0.480 e. The van der Waals surface area contributed by atoms with Gasteiger partial charge in [0, 0.05) is 11.3 Å². The van der Waals surface area contributed by atoms with Gasteiger partial charge in [0.05, 0.1) is 5.56 Å². The van der Waals surface area contributed by atoms with Gasteiger partial charge in [-0.05, 0) is 36.8 Å². The number of thioether (sulfide) groups is 1. The fraction of sp³-hybridized carbons (Fsp3) is 0.263. The van der Waals surface area contributed by atoms with Crippen LogP contribution in [0.2, 0.25) is 0 Å². The summed E-state index contributed by atoms with van der Waals surface area (Å²) in [5, 5.41) is 8.82. The van der Waals surface area contributed by atoms with Crippen molar-refractivity contribution in [3.05, 3.63) is 70.8 Å². The first kappa shape index (κ1) is 19.3. The molecule has 1 aliphatic rings. The van der Waals surface area contributed by atoms with Crippen LogP contribution in [0.5, 0.6) is 0 Å². The lowest BCUT2D eigenvalue weighted by Gasteiger charge is -2.28. The van der Waals surface area contributed by atoms with E-state index >= 15 is 0 Å². The number of halogens is 3. The number of rotatable bonds is 3. The van der Waals surface area contributed by atoms with Crippen molar-refractivity contribution < 1.29 is 27.9 Å². The highest BCUT2D eigenvalue weighted by molar-refractivity contribution is 7.99. The second-order valence-electron chi connectivity index (χ2n) is 6.24. The Bertz CT molecular complexity index is 850. The molecule has 27 heavy (non-hydrogen) atoms. The van der Waals surface area contributed by atoms with Crippen LogP contribution in [0.1, 0.15) is 32.4 Å². The van der Waals surface area contributed by atoms with Crippen LogP contribution in [-0.4, -0.2) is 33.7 Å². The molecule has 1 heterocycles. The molecule has 4 nitrogen and oxygen atoms in total. The van der Waals surface area contributed by atoms with E-state index in [0.29, 0.717) is 11.1 Å². The Hall–Kier alpha value is -2.48. The van der Waals surface area contributed by atoms with Gasteiger partial charge in [-0.2, -0.15) is 13.2 Å². The van der Waals surface area contributed by atoms with Gasteiger partial charge in [0.1, 0.15) is 11.4 Å². The van der Waals surface area contributed by atoms with Gasteiger partial charge in [0.25, 0.3) is 5.91 Å². The van der Waals surface area contributed by atoms with Gasteiger partial charge in [0.2, 0.25) is 0 Å². The smallest absolute Gasteiger partial charge is 0.416 e. The molecular weight excluding hydrogens is 379 g/mol. The number of carbonyl (C=O) groups is 2. The second-order valence-corrected chi connectivity index (χ2v) is 7.35. The number of benzene rings is 2. The molecule has 0 radical (unpaired) electrons. The molecule has 1 N–H and O–H groups in total. The summed E-state index contributed by atoms with van der Waals surface area (Å²) < 4.78 is 38.3. The quantitative estimate of drug-likeness (QED) is 0.839. The molecule has 1 saturated heterocycles. The van der Waals surface area contributed by atoms with Gasteiger partial charge < -0.3 is 10.0 Å². The largest absolute Gasteiger partial charge is 0.480 e. The molecule has 0 saturated carbocycles. The number of carboxylic acids is 1. The van der Waals surface area contributed by atoms with Gasteiger partial charge in [-0.3, -0.25) is 4.79 Å². The Labute approximate surface area is 158 Å². The van der Waals surface area contributed by atoms with Crippen LogP contribution in [0, 0.1) is 6.92 Å². The molecule has 1 fully saturated rings. The van der Waals surface area contributed by atoms with Crippen molar-refractivity contribution in [3.63, 3.8) is 0 Å². The van der Waals surface area contributed by atoms with Crippen molar-refractivity contribution in [2.75, 3.05) is 5.75 Å². The zero-order valence-electron chi connectivity index (χ0n) is 14.2. The summed E-state index contributed by atoms with van der Waals surface area (Å²) in [6.07, 6.45) is -4.46.